The number of hydrogen-bond donors (Lipinski definition) is 1. The molecule has 1 heterocycles. The fraction of sp³-hybridized carbons (Fsp3) is 0.250. The monoisotopic (exact) mass is 296 g/mol. The highest BCUT2D eigenvalue weighted by Gasteiger charge is 2.07. The molecular weight excluding hydrogens is 284 g/mol. The molecule has 0 aliphatic rings. The van der Waals surface area contributed by atoms with Crippen molar-refractivity contribution in [3.05, 3.63) is 39.3 Å². The van der Waals surface area contributed by atoms with Crippen molar-refractivity contribution in [3.63, 3.8) is 0 Å². The fourth-order valence-electron chi connectivity index (χ4n) is 1.49. The molecule has 16 heavy (non-hydrogen) atoms. The number of nitrogens with two attached hydrogens (primary N) is 1. The third kappa shape index (κ3) is 2.51. The molecule has 0 saturated heterocycles. The SMILES string of the molecule is Cc1ccc(-c2nc(CCN)cs2)c(Br)c1. The Kier molecular flexibility index (Phi) is 3.74. The smallest absolute Gasteiger partial charge is 0.124 e. The van der Waals surface area contributed by atoms with Crippen molar-refractivity contribution in [2.45, 2.75) is 13.3 Å². The Balaban J connectivity index is 2.35. The maximum Gasteiger partial charge on any atom is 0.124 e. The van der Waals surface area contributed by atoms with Gasteiger partial charge in [0.05, 0.1) is 5.69 Å². The second kappa shape index (κ2) is 5.08. The molecule has 0 spiro atoms. The van der Waals surface area contributed by atoms with E-state index in [1.54, 1.807) is 11.3 Å². The van der Waals surface area contributed by atoms with Crippen LogP contribution < -0.4 is 5.73 Å². The number of nitrogens with zero attached hydrogens (tertiary/aromatic N) is 1. The Hall–Kier alpha value is -0.710. The maximum absolute atomic E-state index is 5.51. The molecule has 0 amide bonds. The number of halogens is 1. The van der Waals surface area contributed by atoms with Crippen molar-refractivity contribution in [3.8, 4) is 10.6 Å². The summed E-state index contributed by atoms with van der Waals surface area (Å²) in [4.78, 5) is 4.57. The summed E-state index contributed by atoms with van der Waals surface area (Å²) < 4.78 is 1.10. The van der Waals surface area contributed by atoms with Crippen LogP contribution in [0.1, 0.15) is 11.3 Å². The summed E-state index contributed by atoms with van der Waals surface area (Å²) >= 11 is 5.24. The molecule has 1 aromatic heterocycles. The highest BCUT2D eigenvalue weighted by molar-refractivity contribution is 9.10. The average molecular weight is 297 g/mol. The molecule has 2 nitrogen and oxygen atoms in total. The lowest BCUT2D eigenvalue weighted by Crippen LogP contribution is -2.02. The van der Waals surface area contributed by atoms with Gasteiger partial charge in [-0.1, -0.05) is 28.1 Å². The molecule has 4 heteroatoms. The van der Waals surface area contributed by atoms with E-state index in [0.717, 1.165) is 27.2 Å². The van der Waals surface area contributed by atoms with Gasteiger partial charge in [-0.15, -0.1) is 11.3 Å². The van der Waals surface area contributed by atoms with Crippen molar-refractivity contribution >= 4 is 27.3 Å². The summed E-state index contributed by atoms with van der Waals surface area (Å²) in [7, 11) is 0. The van der Waals surface area contributed by atoms with Crippen LogP contribution in [-0.2, 0) is 6.42 Å². The molecule has 0 aliphatic carbocycles. The van der Waals surface area contributed by atoms with Crippen molar-refractivity contribution in [2.75, 3.05) is 6.54 Å². The van der Waals surface area contributed by atoms with E-state index in [9.17, 15) is 0 Å². The zero-order chi connectivity index (χ0) is 11.5. The van der Waals surface area contributed by atoms with Gasteiger partial charge in [0.2, 0.25) is 0 Å². The van der Waals surface area contributed by atoms with Crippen molar-refractivity contribution in [1.82, 2.24) is 4.98 Å². The highest BCUT2D eigenvalue weighted by atomic mass is 79.9. The average Bonchev–Trinajstić information content (AvgIpc) is 2.67. The minimum atomic E-state index is 0.651. The zero-order valence-corrected chi connectivity index (χ0v) is 11.4. The standard InChI is InChI=1S/C12H13BrN2S/c1-8-2-3-10(11(13)6-8)12-15-9(4-5-14)7-16-12/h2-3,6-7H,4-5,14H2,1H3. The molecule has 0 bridgehead atoms. The quantitative estimate of drug-likeness (QED) is 0.943. The second-order valence-corrected chi connectivity index (χ2v) is 5.38. The molecule has 1 aromatic carbocycles. The lowest BCUT2D eigenvalue weighted by molar-refractivity contribution is 0.936. The molecule has 2 rings (SSSR count). The summed E-state index contributed by atoms with van der Waals surface area (Å²) in [6, 6.07) is 6.31. The van der Waals surface area contributed by atoms with Crippen molar-refractivity contribution in [2.24, 2.45) is 5.73 Å². The maximum atomic E-state index is 5.51. The molecule has 84 valence electrons. The number of thiazole rings is 1. The van der Waals surface area contributed by atoms with Gasteiger partial charge in [-0.3, -0.25) is 0 Å². The molecule has 2 aromatic rings. The van der Waals surface area contributed by atoms with Gasteiger partial charge in [0.1, 0.15) is 5.01 Å². The van der Waals surface area contributed by atoms with Crippen LogP contribution in [-0.4, -0.2) is 11.5 Å². The normalized spacial score (nSPS) is 10.7. The van der Waals surface area contributed by atoms with E-state index in [2.05, 4.69) is 51.4 Å². The van der Waals surface area contributed by atoms with Gasteiger partial charge in [0.15, 0.2) is 0 Å². The molecule has 0 unspecified atom stereocenters. The van der Waals surface area contributed by atoms with Crippen molar-refractivity contribution < 1.29 is 0 Å². The van der Waals surface area contributed by atoms with E-state index in [4.69, 9.17) is 5.73 Å². The second-order valence-electron chi connectivity index (χ2n) is 3.67. The fourth-order valence-corrected chi connectivity index (χ4v) is 3.19. The van der Waals surface area contributed by atoms with E-state index >= 15 is 0 Å². The Labute approximate surface area is 108 Å². The number of rotatable bonds is 3. The minimum absolute atomic E-state index is 0.651. The summed E-state index contributed by atoms with van der Waals surface area (Å²) in [5, 5.41) is 3.13. The van der Waals surface area contributed by atoms with Gasteiger partial charge in [-0.05, 0) is 25.1 Å². The molecule has 0 fully saturated rings. The van der Waals surface area contributed by atoms with Crippen molar-refractivity contribution in [1.29, 1.82) is 0 Å². The summed E-state index contributed by atoms with van der Waals surface area (Å²) in [5.41, 5.74) is 8.99. The number of benzene rings is 1. The third-order valence-electron chi connectivity index (χ3n) is 2.31. The van der Waals surface area contributed by atoms with Gasteiger partial charge < -0.3 is 5.73 Å². The van der Waals surface area contributed by atoms with Gasteiger partial charge in [0.25, 0.3) is 0 Å². The van der Waals surface area contributed by atoms with Crippen LogP contribution >= 0.6 is 27.3 Å². The molecule has 0 atom stereocenters. The van der Waals surface area contributed by atoms with Crippen LogP contribution in [0.4, 0.5) is 0 Å². The summed E-state index contributed by atoms with van der Waals surface area (Å²) in [6.07, 6.45) is 0.847. The topological polar surface area (TPSA) is 38.9 Å². The van der Waals surface area contributed by atoms with E-state index in [1.807, 2.05) is 0 Å². The van der Waals surface area contributed by atoms with Gasteiger partial charge in [0, 0.05) is 21.8 Å². The number of aromatic nitrogens is 1. The van der Waals surface area contributed by atoms with Gasteiger partial charge in [-0.2, -0.15) is 0 Å². The number of hydrogen-bond acceptors (Lipinski definition) is 3. The first-order valence-electron chi connectivity index (χ1n) is 5.11. The van der Waals surface area contributed by atoms with Gasteiger partial charge in [-0.25, -0.2) is 4.98 Å². The Bertz CT molecular complexity index is 494. The molecule has 0 saturated carbocycles. The van der Waals surface area contributed by atoms with Crippen LogP contribution in [0, 0.1) is 6.92 Å². The van der Waals surface area contributed by atoms with E-state index < -0.39 is 0 Å². The predicted molar refractivity (Wildman–Crippen MR) is 72.7 cm³/mol. The van der Waals surface area contributed by atoms with Crippen LogP contribution in [0.3, 0.4) is 0 Å². The number of aryl methyl sites for hydroxylation is 1. The molecule has 0 aliphatic heterocycles. The minimum Gasteiger partial charge on any atom is -0.330 e. The Morgan fingerprint density at radius 2 is 2.25 bits per heavy atom. The third-order valence-corrected chi connectivity index (χ3v) is 3.89. The summed E-state index contributed by atoms with van der Waals surface area (Å²) in [5.74, 6) is 0. The first-order valence-corrected chi connectivity index (χ1v) is 6.79. The van der Waals surface area contributed by atoms with Crippen LogP contribution in [0.15, 0.2) is 28.1 Å². The van der Waals surface area contributed by atoms with Crippen LogP contribution in [0.2, 0.25) is 0 Å². The zero-order valence-electron chi connectivity index (χ0n) is 9.03. The van der Waals surface area contributed by atoms with E-state index in [1.165, 1.54) is 5.56 Å². The predicted octanol–water partition coefficient (Wildman–Crippen LogP) is 3.38. The first-order chi connectivity index (χ1) is 7.70. The molecule has 0 radical (unpaired) electrons. The first kappa shape index (κ1) is 11.8. The van der Waals surface area contributed by atoms with Gasteiger partial charge >= 0.3 is 0 Å². The Morgan fingerprint density at radius 1 is 1.44 bits per heavy atom. The van der Waals surface area contributed by atoms with E-state index in [0.29, 0.717) is 6.54 Å². The summed E-state index contributed by atoms with van der Waals surface area (Å²) in [6.45, 7) is 2.73. The lowest BCUT2D eigenvalue weighted by atomic mass is 10.2. The molecular formula is C12H13BrN2S. The van der Waals surface area contributed by atoms with Crippen LogP contribution in [0.5, 0.6) is 0 Å². The molecule has 2 N–H and O–H groups in total. The Morgan fingerprint density at radius 3 is 2.94 bits per heavy atom. The van der Waals surface area contributed by atoms with Crippen LogP contribution in [0.25, 0.3) is 10.6 Å². The largest absolute Gasteiger partial charge is 0.330 e. The highest BCUT2D eigenvalue weighted by Crippen LogP contribution is 2.31. The lowest BCUT2D eigenvalue weighted by Gasteiger charge is -2.01. The van der Waals surface area contributed by atoms with E-state index in [-0.39, 0.29) is 0 Å².